The van der Waals surface area contributed by atoms with Crippen LogP contribution in [0.25, 0.3) is 0 Å². The van der Waals surface area contributed by atoms with Crippen molar-refractivity contribution in [3.8, 4) is 17.6 Å². The third-order valence-corrected chi connectivity index (χ3v) is 1.54. The minimum atomic E-state index is -0.401. The Labute approximate surface area is 83.9 Å². The summed E-state index contributed by atoms with van der Waals surface area (Å²) in [5, 5.41) is 0. The third kappa shape index (κ3) is 3.95. The van der Waals surface area contributed by atoms with Crippen molar-refractivity contribution in [3.05, 3.63) is 30.1 Å². The van der Waals surface area contributed by atoms with Gasteiger partial charge in [0.2, 0.25) is 0 Å². The minimum Gasteiger partial charge on any atom is -0.492 e. The molecule has 0 bridgehead atoms. The molecule has 0 aliphatic heterocycles. The Morgan fingerprint density at radius 2 is 2.36 bits per heavy atom. The molecule has 73 valence electrons. The Morgan fingerprint density at radius 1 is 1.50 bits per heavy atom. The SMILES string of the molecule is CCC#CCCOc1cc[c]c(F)c1. The van der Waals surface area contributed by atoms with Crippen molar-refractivity contribution in [1.82, 2.24) is 0 Å². The molecule has 1 radical (unpaired) electrons. The smallest absolute Gasteiger partial charge is 0.134 e. The predicted octanol–water partition coefficient (Wildman–Crippen LogP) is 2.81. The highest BCUT2D eigenvalue weighted by Gasteiger charge is 1.94. The molecule has 0 aromatic heterocycles. The van der Waals surface area contributed by atoms with Gasteiger partial charge in [-0.3, -0.25) is 0 Å². The molecule has 2 heteroatoms. The molecule has 0 aliphatic carbocycles. The Hall–Kier alpha value is -1.49. The van der Waals surface area contributed by atoms with Gasteiger partial charge < -0.3 is 4.74 Å². The van der Waals surface area contributed by atoms with Crippen molar-refractivity contribution in [1.29, 1.82) is 0 Å². The molecule has 0 heterocycles. The molecular formula is C12H12FO. The normalized spacial score (nSPS) is 9.00. The lowest BCUT2D eigenvalue weighted by Crippen LogP contribution is -1.95. The summed E-state index contributed by atoms with van der Waals surface area (Å²) in [6.45, 7) is 2.49. The Kier molecular flexibility index (Phi) is 4.57. The van der Waals surface area contributed by atoms with Gasteiger partial charge in [-0.05, 0) is 12.1 Å². The molecule has 1 nitrogen and oxygen atoms in total. The van der Waals surface area contributed by atoms with Gasteiger partial charge in [-0.25, -0.2) is 4.39 Å². The molecule has 0 atom stereocenters. The third-order valence-electron chi connectivity index (χ3n) is 1.54. The van der Waals surface area contributed by atoms with Crippen molar-refractivity contribution in [2.24, 2.45) is 0 Å². The van der Waals surface area contributed by atoms with E-state index >= 15 is 0 Å². The van der Waals surface area contributed by atoms with E-state index in [0.717, 1.165) is 6.42 Å². The number of hydrogen-bond donors (Lipinski definition) is 0. The molecule has 0 fully saturated rings. The van der Waals surface area contributed by atoms with E-state index in [2.05, 4.69) is 17.9 Å². The van der Waals surface area contributed by atoms with Gasteiger partial charge in [0.15, 0.2) is 0 Å². The summed E-state index contributed by atoms with van der Waals surface area (Å²) in [6.07, 6.45) is 1.53. The highest BCUT2D eigenvalue weighted by atomic mass is 19.1. The highest BCUT2D eigenvalue weighted by molar-refractivity contribution is 5.21. The molecule has 1 rings (SSSR count). The monoisotopic (exact) mass is 191 g/mol. The van der Waals surface area contributed by atoms with Gasteiger partial charge in [0.25, 0.3) is 0 Å². The fourth-order valence-electron chi connectivity index (χ4n) is 0.941. The lowest BCUT2D eigenvalue weighted by molar-refractivity contribution is 0.325. The first kappa shape index (κ1) is 10.6. The van der Waals surface area contributed by atoms with Crippen LogP contribution in [0, 0.1) is 23.7 Å². The predicted molar refractivity (Wildman–Crippen MR) is 53.4 cm³/mol. The van der Waals surface area contributed by atoms with E-state index in [4.69, 9.17) is 4.74 Å². The summed E-state index contributed by atoms with van der Waals surface area (Å²) in [4.78, 5) is 0. The van der Waals surface area contributed by atoms with Gasteiger partial charge in [-0.1, -0.05) is 12.8 Å². The molecule has 0 saturated heterocycles. The number of benzene rings is 1. The lowest BCUT2D eigenvalue weighted by Gasteiger charge is -2.02. The maximum Gasteiger partial charge on any atom is 0.134 e. The molecule has 14 heavy (non-hydrogen) atoms. The molecule has 1 aromatic rings. The van der Waals surface area contributed by atoms with Crippen LogP contribution in [-0.4, -0.2) is 6.61 Å². The Morgan fingerprint density at radius 3 is 3.07 bits per heavy atom. The fraction of sp³-hybridized carbons (Fsp3) is 0.333. The van der Waals surface area contributed by atoms with Crippen LogP contribution in [0.15, 0.2) is 18.2 Å². The molecule has 0 unspecified atom stereocenters. The minimum absolute atomic E-state index is 0.401. The van der Waals surface area contributed by atoms with Crippen LogP contribution in [0.1, 0.15) is 19.8 Å². The fourth-order valence-corrected chi connectivity index (χ4v) is 0.941. The summed E-state index contributed by atoms with van der Waals surface area (Å²) >= 11 is 0. The van der Waals surface area contributed by atoms with Crippen LogP contribution in [0.3, 0.4) is 0 Å². The van der Waals surface area contributed by atoms with Crippen LogP contribution in [-0.2, 0) is 0 Å². The largest absolute Gasteiger partial charge is 0.492 e. The van der Waals surface area contributed by atoms with Crippen LogP contribution in [0.2, 0.25) is 0 Å². The zero-order chi connectivity index (χ0) is 10.2. The molecule has 0 amide bonds. The van der Waals surface area contributed by atoms with Gasteiger partial charge in [-0.2, -0.15) is 0 Å². The second-order valence-corrected chi connectivity index (χ2v) is 2.68. The van der Waals surface area contributed by atoms with Gasteiger partial charge >= 0.3 is 0 Å². The van der Waals surface area contributed by atoms with Crippen molar-refractivity contribution in [3.63, 3.8) is 0 Å². The van der Waals surface area contributed by atoms with Gasteiger partial charge in [-0.15, -0.1) is 5.92 Å². The van der Waals surface area contributed by atoms with Gasteiger partial charge in [0, 0.05) is 25.0 Å². The van der Waals surface area contributed by atoms with Crippen LogP contribution < -0.4 is 4.74 Å². The van der Waals surface area contributed by atoms with Crippen LogP contribution >= 0.6 is 0 Å². The molecule has 0 saturated carbocycles. The molecule has 0 aliphatic rings. The van der Waals surface area contributed by atoms with E-state index < -0.39 is 5.82 Å². The van der Waals surface area contributed by atoms with E-state index in [-0.39, 0.29) is 0 Å². The Bertz CT molecular complexity index is 336. The topological polar surface area (TPSA) is 9.23 Å². The average Bonchev–Trinajstić information content (AvgIpc) is 2.18. The first-order valence-corrected chi connectivity index (χ1v) is 4.58. The first-order chi connectivity index (χ1) is 6.83. The maximum absolute atomic E-state index is 12.6. The number of rotatable bonds is 3. The molecule has 0 N–H and O–H groups in total. The van der Waals surface area contributed by atoms with E-state index in [1.807, 2.05) is 6.92 Å². The van der Waals surface area contributed by atoms with Crippen LogP contribution in [0.5, 0.6) is 5.75 Å². The quantitative estimate of drug-likeness (QED) is 0.527. The number of ether oxygens (including phenoxy) is 1. The van der Waals surface area contributed by atoms with Gasteiger partial charge in [0.05, 0.1) is 6.61 Å². The molecule has 0 spiro atoms. The van der Waals surface area contributed by atoms with Crippen LogP contribution in [0.4, 0.5) is 4.39 Å². The van der Waals surface area contributed by atoms with Crippen molar-refractivity contribution >= 4 is 0 Å². The van der Waals surface area contributed by atoms with Gasteiger partial charge in [0.1, 0.15) is 11.6 Å². The lowest BCUT2D eigenvalue weighted by atomic mass is 10.3. The summed E-state index contributed by atoms with van der Waals surface area (Å²) in [5.41, 5.74) is 0. The second kappa shape index (κ2) is 6.04. The molecule has 1 aromatic carbocycles. The summed E-state index contributed by atoms with van der Waals surface area (Å²) in [6, 6.07) is 6.90. The number of hydrogen-bond acceptors (Lipinski definition) is 1. The highest BCUT2D eigenvalue weighted by Crippen LogP contribution is 2.11. The van der Waals surface area contributed by atoms with Crippen molar-refractivity contribution in [2.75, 3.05) is 6.61 Å². The standard InChI is InChI=1S/C12H12FO/c1-2-3-4-5-9-14-12-8-6-7-11(13)10-12/h6,8,10H,2,5,9H2,1H3. The maximum atomic E-state index is 12.6. The number of halogens is 1. The van der Waals surface area contributed by atoms with E-state index in [1.165, 1.54) is 12.1 Å². The zero-order valence-corrected chi connectivity index (χ0v) is 8.14. The summed E-state index contributed by atoms with van der Waals surface area (Å²) in [5.74, 6) is 6.01. The summed E-state index contributed by atoms with van der Waals surface area (Å²) < 4.78 is 17.9. The average molecular weight is 191 g/mol. The van der Waals surface area contributed by atoms with E-state index in [0.29, 0.717) is 18.8 Å². The summed E-state index contributed by atoms with van der Waals surface area (Å²) in [7, 11) is 0. The van der Waals surface area contributed by atoms with E-state index in [1.54, 1.807) is 6.07 Å². The van der Waals surface area contributed by atoms with Crippen molar-refractivity contribution < 1.29 is 9.13 Å². The second-order valence-electron chi connectivity index (χ2n) is 2.68. The first-order valence-electron chi connectivity index (χ1n) is 4.58. The van der Waals surface area contributed by atoms with E-state index in [9.17, 15) is 4.39 Å². The molecular weight excluding hydrogens is 179 g/mol. The van der Waals surface area contributed by atoms with Crippen molar-refractivity contribution in [2.45, 2.75) is 19.8 Å². The zero-order valence-electron chi connectivity index (χ0n) is 8.14. The Balaban J connectivity index is 2.31.